The van der Waals surface area contributed by atoms with Crippen molar-refractivity contribution in [3.8, 4) is 11.8 Å². The zero-order valence-electron chi connectivity index (χ0n) is 8.65. The Morgan fingerprint density at radius 3 is 3.25 bits per heavy atom. The molecule has 2 aromatic heterocycles. The maximum atomic E-state index is 11.0. The standard InChI is InChI=1S/C11H9N3O2/c1-2-16-11(15)4-3-8-5-9-10(12-6-8)7-13-14-9/h5-7H,2H2,1H3,(H,13,14). The second-order valence-corrected chi connectivity index (χ2v) is 3.00. The van der Waals surface area contributed by atoms with Gasteiger partial charge in [-0.3, -0.25) is 10.1 Å². The van der Waals surface area contributed by atoms with Gasteiger partial charge in [-0.1, -0.05) is 5.92 Å². The monoisotopic (exact) mass is 215 g/mol. The van der Waals surface area contributed by atoms with E-state index in [0.29, 0.717) is 12.2 Å². The van der Waals surface area contributed by atoms with Crippen LogP contribution in [0.4, 0.5) is 0 Å². The van der Waals surface area contributed by atoms with Crippen LogP contribution in [0.2, 0.25) is 0 Å². The first kappa shape index (κ1) is 10.2. The minimum absolute atomic E-state index is 0.325. The van der Waals surface area contributed by atoms with Crippen molar-refractivity contribution >= 4 is 17.0 Å². The molecule has 0 unspecified atom stereocenters. The zero-order valence-corrected chi connectivity index (χ0v) is 8.65. The van der Waals surface area contributed by atoms with E-state index in [1.54, 1.807) is 25.4 Å². The van der Waals surface area contributed by atoms with Gasteiger partial charge in [0.25, 0.3) is 0 Å². The van der Waals surface area contributed by atoms with Gasteiger partial charge in [-0.05, 0) is 13.0 Å². The van der Waals surface area contributed by atoms with Crippen LogP contribution in [0.15, 0.2) is 18.5 Å². The average molecular weight is 215 g/mol. The van der Waals surface area contributed by atoms with Crippen LogP contribution in [0, 0.1) is 11.8 Å². The highest BCUT2D eigenvalue weighted by molar-refractivity contribution is 5.89. The summed E-state index contributed by atoms with van der Waals surface area (Å²) in [6.45, 7) is 2.06. The molecule has 2 rings (SSSR count). The molecule has 5 nitrogen and oxygen atoms in total. The van der Waals surface area contributed by atoms with Gasteiger partial charge in [-0.25, -0.2) is 4.79 Å². The van der Waals surface area contributed by atoms with Crippen LogP contribution in [-0.4, -0.2) is 27.8 Å². The van der Waals surface area contributed by atoms with E-state index in [9.17, 15) is 4.79 Å². The van der Waals surface area contributed by atoms with E-state index in [4.69, 9.17) is 0 Å². The molecule has 2 heterocycles. The molecule has 0 aliphatic rings. The Morgan fingerprint density at radius 2 is 2.44 bits per heavy atom. The molecule has 0 amide bonds. The summed E-state index contributed by atoms with van der Waals surface area (Å²) in [4.78, 5) is 15.1. The molecular weight excluding hydrogens is 206 g/mol. The molecule has 80 valence electrons. The lowest BCUT2D eigenvalue weighted by Crippen LogP contribution is -1.99. The Morgan fingerprint density at radius 1 is 1.56 bits per heavy atom. The number of rotatable bonds is 1. The number of aromatic nitrogens is 3. The topological polar surface area (TPSA) is 67.9 Å². The second kappa shape index (κ2) is 4.45. The molecule has 16 heavy (non-hydrogen) atoms. The van der Waals surface area contributed by atoms with Gasteiger partial charge in [0, 0.05) is 17.7 Å². The number of pyridine rings is 1. The van der Waals surface area contributed by atoms with Gasteiger partial charge >= 0.3 is 5.97 Å². The Hall–Kier alpha value is -2.35. The molecule has 2 aromatic rings. The third-order valence-electron chi connectivity index (χ3n) is 1.87. The van der Waals surface area contributed by atoms with Gasteiger partial charge in [-0.15, -0.1) is 0 Å². The summed E-state index contributed by atoms with van der Waals surface area (Å²) in [7, 11) is 0. The fourth-order valence-electron chi connectivity index (χ4n) is 1.19. The molecule has 0 radical (unpaired) electrons. The van der Waals surface area contributed by atoms with Gasteiger partial charge in [0.05, 0.1) is 18.3 Å². The number of carbonyl (C=O) groups is 1. The predicted molar refractivity (Wildman–Crippen MR) is 57.4 cm³/mol. The van der Waals surface area contributed by atoms with Gasteiger partial charge in [0.2, 0.25) is 0 Å². The summed E-state index contributed by atoms with van der Waals surface area (Å²) in [5, 5.41) is 6.62. The molecule has 0 spiro atoms. The van der Waals surface area contributed by atoms with Crippen LogP contribution < -0.4 is 0 Å². The summed E-state index contributed by atoms with van der Waals surface area (Å²) < 4.78 is 4.68. The van der Waals surface area contributed by atoms with E-state index >= 15 is 0 Å². The van der Waals surface area contributed by atoms with Crippen molar-refractivity contribution < 1.29 is 9.53 Å². The third-order valence-corrected chi connectivity index (χ3v) is 1.87. The number of nitrogens with zero attached hydrogens (tertiary/aromatic N) is 2. The number of ether oxygens (including phenoxy) is 1. The van der Waals surface area contributed by atoms with Crippen molar-refractivity contribution in [1.82, 2.24) is 15.2 Å². The number of hydrogen-bond donors (Lipinski definition) is 1. The molecule has 0 aromatic carbocycles. The number of aromatic amines is 1. The maximum absolute atomic E-state index is 11.0. The predicted octanol–water partition coefficient (Wildman–Crippen LogP) is 0.872. The Balaban J connectivity index is 2.23. The minimum atomic E-state index is -0.535. The number of H-pyrrole nitrogens is 1. The van der Waals surface area contributed by atoms with Crippen LogP contribution in [-0.2, 0) is 9.53 Å². The van der Waals surface area contributed by atoms with Crippen molar-refractivity contribution in [2.24, 2.45) is 0 Å². The molecule has 0 bridgehead atoms. The molecular formula is C11H9N3O2. The van der Waals surface area contributed by atoms with Crippen LogP contribution in [0.25, 0.3) is 11.0 Å². The van der Waals surface area contributed by atoms with Crippen LogP contribution in [0.3, 0.4) is 0 Å². The highest BCUT2D eigenvalue weighted by Gasteiger charge is 1.98. The molecule has 0 aliphatic heterocycles. The van der Waals surface area contributed by atoms with Crippen LogP contribution in [0.1, 0.15) is 12.5 Å². The van der Waals surface area contributed by atoms with E-state index in [1.807, 2.05) is 0 Å². The fourth-order valence-corrected chi connectivity index (χ4v) is 1.19. The summed E-state index contributed by atoms with van der Waals surface area (Å²) in [5.41, 5.74) is 2.20. The molecule has 0 saturated carbocycles. The Bertz CT molecular complexity index is 577. The first-order valence-electron chi connectivity index (χ1n) is 4.77. The number of carbonyl (C=O) groups excluding carboxylic acids is 1. The van der Waals surface area contributed by atoms with Gasteiger partial charge in [0.1, 0.15) is 5.52 Å². The van der Waals surface area contributed by atoms with Gasteiger partial charge < -0.3 is 4.74 Å². The number of hydrogen-bond acceptors (Lipinski definition) is 4. The number of fused-ring (bicyclic) bond motifs is 1. The van der Waals surface area contributed by atoms with Gasteiger partial charge in [-0.2, -0.15) is 5.10 Å². The van der Waals surface area contributed by atoms with E-state index < -0.39 is 5.97 Å². The normalized spacial score (nSPS) is 9.56. The minimum Gasteiger partial charge on any atom is -0.456 e. The van der Waals surface area contributed by atoms with Crippen molar-refractivity contribution in [1.29, 1.82) is 0 Å². The molecule has 0 fully saturated rings. The van der Waals surface area contributed by atoms with Gasteiger partial charge in [0.15, 0.2) is 0 Å². The van der Waals surface area contributed by atoms with Crippen molar-refractivity contribution in [3.05, 3.63) is 24.0 Å². The summed E-state index contributed by atoms with van der Waals surface area (Å²) >= 11 is 0. The number of nitrogens with one attached hydrogen (secondary N) is 1. The lowest BCUT2D eigenvalue weighted by atomic mass is 10.2. The molecule has 0 aliphatic carbocycles. The Labute approximate surface area is 91.8 Å². The van der Waals surface area contributed by atoms with E-state index in [2.05, 4.69) is 31.8 Å². The molecule has 0 atom stereocenters. The maximum Gasteiger partial charge on any atom is 0.384 e. The molecule has 0 saturated heterocycles. The highest BCUT2D eigenvalue weighted by Crippen LogP contribution is 2.07. The summed E-state index contributed by atoms with van der Waals surface area (Å²) in [5.74, 6) is 4.51. The SMILES string of the molecule is CCOC(=O)C#Cc1cnc2cn[nH]c2c1. The first-order chi connectivity index (χ1) is 7.79. The first-order valence-corrected chi connectivity index (χ1v) is 4.77. The highest BCUT2D eigenvalue weighted by atomic mass is 16.5. The summed E-state index contributed by atoms with van der Waals surface area (Å²) in [6, 6.07) is 1.78. The molecule has 5 heteroatoms. The van der Waals surface area contributed by atoms with E-state index in [0.717, 1.165) is 11.0 Å². The van der Waals surface area contributed by atoms with Crippen molar-refractivity contribution in [2.45, 2.75) is 6.92 Å². The average Bonchev–Trinajstić information content (AvgIpc) is 2.74. The Kier molecular flexibility index (Phi) is 2.83. The smallest absolute Gasteiger partial charge is 0.384 e. The third kappa shape index (κ3) is 2.17. The van der Waals surface area contributed by atoms with Crippen LogP contribution in [0.5, 0.6) is 0 Å². The number of esters is 1. The second-order valence-electron chi connectivity index (χ2n) is 3.00. The van der Waals surface area contributed by atoms with Crippen LogP contribution >= 0.6 is 0 Å². The summed E-state index contributed by atoms with van der Waals surface area (Å²) in [6.07, 6.45) is 3.21. The van der Waals surface area contributed by atoms with Crippen molar-refractivity contribution in [3.63, 3.8) is 0 Å². The quantitative estimate of drug-likeness (QED) is 0.566. The molecule has 1 N–H and O–H groups in total. The lowest BCUT2D eigenvalue weighted by molar-refractivity contribution is -0.136. The largest absolute Gasteiger partial charge is 0.456 e. The fraction of sp³-hybridized carbons (Fsp3) is 0.182. The van der Waals surface area contributed by atoms with Crippen molar-refractivity contribution in [2.75, 3.05) is 6.61 Å². The van der Waals surface area contributed by atoms with E-state index in [1.165, 1.54) is 0 Å². The van der Waals surface area contributed by atoms with E-state index in [-0.39, 0.29) is 0 Å². The lowest BCUT2D eigenvalue weighted by Gasteiger charge is -1.92. The zero-order chi connectivity index (χ0) is 11.4.